The SMILES string of the molecule is NC(c1ccc(Cl)cc1F)C1Cc2ccccc2S1. The Hall–Kier alpha value is -1.03. The third-order valence-corrected chi connectivity index (χ3v) is 5.04. The monoisotopic (exact) mass is 293 g/mol. The van der Waals surface area contributed by atoms with Crippen molar-refractivity contribution in [3.05, 3.63) is 64.4 Å². The Morgan fingerprint density at radius 1 is 1.26 bits per heavy atom. The molecule has 1 aliphatic rings. The molecule has 2 N–H and O–H groups in total. The van der Waals surface area contributed by atoms with Gasteiger partial charge in [-0.25, -0.2) is 4.39 Å². The summed E-state index contributed by atoms with van der Waals surface area (Å²) in [6, 6.07) is 12.6. The fraction of sp³-hybridized carbons (Fsp3) is 0.200. The van der Waals surface area contributed by atoms with Crippen LogP contribution in [-0.2, 0) is 6.42 Å². The average molecular weight is 294 g/mol. The van der Waals surface area contributed by atoms with Gasteiger partial charge in [-0.15, -0.1) is 11.8 Å². The first-order chi connectivity index (χ1) is 9.15. The van der Waals surface area contributed by atoms with E-state index in [0.717, 1.165) is 6.42 Å². The molecule has 0 saturated heterocycles. The van der Waals surface area contributed by atoms with Crippen molar-refractivity contribution >= 4 is 23.4 Å². The van der Waals surface area contributed by atoms with Gasteiger partial charge >= 0.3 is 0 Å². The summed E-state index contributed by atoms with van der Waals surface area (Å²) in [5.74, 6) is -0.323. The molecule has 0 bridgehead atoms. The van der Waals surface area contributed by atoms with Gasteiger partial charge in [0.2, 0.25) is 0 Å². The van der Waals surface area contributed by atoms with Crippen molar-refractivity contribution in [1.82, 2.24) is 0 Å². The standard InChI is InChI=1S/C15H13ClFNS/c16-10-5-6-11(12(17)8-10)15(18)14-7-9-3-1-2-4-13(9)19-14/h1-6,8,14-15H,7,18H2. The molecule has 2 unspecified atom stereocenters. The van der Waals surface area contributed by atoms with Gasteiger partial charge in [-0.2, -0.15) is 0 Å². The maximum Gasteiger partial charge on any atom is 0.129 e. The Balaban J connectivity index is 1.85. The zero-order chi connectivity index (χ0) is 13.4. The van der Waals surface area contributed by atoms with Gasteiger partial charge in [0.15, 0.2) is 0 Å². The third kappa shape index (κ3) is 2.50. The predicted octanol–water partition coefficient (Wildman–Crippen LogP) is 4.20. The van der Waals surface area contributed by atoms with Crippen LogP contribution >= 0.6 is 23.4 Å². The van der Waals surface area contributed by atoms with E-state index in [0.29, 0.717) is 10.6 Å². The number of rotatable bonds is 2. The zero-order valence-corrected chi connectivity index (χ0v) is 11.7. The van der Waals surface area contributed by atoms with E-state index in [9.17, 15) is 4.39 Å². The molecule has 4 heteroatoms. The van der Waals surface area contributed by atoms with E-state index in [1.165, 1.54) is 16.5 Å². The van der Waals surface area contributed by atoms with Gasteiger partial charge in [-0.05, 0) is 30.2 Å². The minimum absolute atomic E-state index is 0.174. The van der Waals surface area contributed by atoms with E-state index in [-0.39, 0.29) is 17.1 Å². The first-order valence-corrected chi connectivity index (χ1v) is 7.36. The van der Waals surface area contributed by atoms with Crippen molar-refractivity contribution < 1.29 is 4.39 Å². The Labute approximate surface area is 121 Å². The number of hydrogen-bond donors (Lipinski definition) is 1. The van der Waals surface area contributed by atoms with E-state index in [1.54, 1.807) is 23.9 Å². The van der Waals surface area contributed by atoms with Crippen molar-refractivity contribution in [3.63, 3.8) is 0 Å². The van der Waals surface area contributed by atoms with Crippen LogP contribution in [0.1, 0.15) is 17.2 Å². The molecular weight excluding hydrogens is 281 g/mol. The van der Waals surface area contributed by atoms with E-state index in [2.05, 4.69) is 12.1 Å². The second-order valence-electron chi connectivity index (χ2n) is 4.66. The van der Waals surface area contributed by atoms with Gasteiger partial charge in [0.1, 0.15) is 5.82 Å². The molecule has 1 heterocycles. The molecule has 0 aliphatic carbocycles. The smallest absolute Gasteiger partial charge is 0.129 e. The number of nitrogens with two attached hydrogens (primary N) is 1. The van der Waals surface area contributed by atoms with Gasteiger partial charge in [0.05, 0.1) is 0 Å². The molecule has 0 spiro atoms. The Bertz CT molecular complexity index is 592. The molecule has 0 radical (unpaired) electrons. The first-order valence-electron chi connectivity index (χ1n) is 6.10. The zero-order valence-electron chi connectivity index (χ0n) is 10.1. The van der Waals surface area contributed by atoms with Crippen molar-refractivity contribution in [3.8, 4) is 0 Å². The molecule has 0 saturated carbocycles. The van der Waals surface area contributed by atoms with Crippen molar-refractivity contribution in [2.45, 2.75) is 22.6 Å². The fourth-order valence-electron chi connectivity index (χ4n) is 2.38. The van der Waals surface area contributed by atoms with Gasteiger partial charge in [0.25, 0.3) is 0 Å². The van der Waals surface area contributed by atoms with Crippen LogP contribution in [0.15, 0.2) is 47.4 Å². The molecular formula is C15H13ClFNS. The summed E-state index contributed by atoms with van der Waals surface area (Å²) in [5, 5.41) is 0.573. The summed E-state index contributed by atoms with van der Waals surface area (Å²) >= 11 is 7.50. The summed E-state index contributed by atoms with van der Waals surface area (Å²) < 4.78 is 13.9. The second kappa shape index (κ2) is 5.16. The summed E-state index contributed by atoms with van der Waals surface area (Å²) in [7, 11) is 0. The van der Waals surface area contributed by atoms with Crippen LogP contribution in [0.4, 0.5) is 4.39 Å². The van der Waals surface area contributed by atoms with E-state index in [4.69, 9.17) is 17.3 Å². The highest BCUT2D eigenvalue weighted by Crippen LogP contribution is 2.42. The van der Waals surface area contributed by atoms with Crippen LogP contribution in [0.25, 0.3) is 0 Å². The Morgan fingerprint density at radius 3 is 2.79 bits per heavy atom. The molecule has 2 atom stereocenters. The lowest BCUT2D eigenvalue weighted by Crippen LogP contribution is -2.24. The highest BCUT2D eigenvalue weighted by atomic mass is 35.5. The van der Waals surface area contributed by atoms with Crippen LogP contribution in [0.2, 0.25) is 5.02 Å². The lowest BCUT2D eigenvalue weighted by Gasteiger charge is -2.19. The number of halogens is 2. The quantitative estimate of drug-likeness (QED) is 0.898. The lowest BCUT2D eigenvalue weighted by atomic mass is 9.99. The van der Waals surface area contributed by atoms with E-state index < -0.39 is 0 Å². The van der Waals surface area contributed by atoms with Gasteiger partial charge < -0.3 is 5.73 Å². The van der Waals surface area contributed by atoms with Crippen molar-refractivity contribution in [1.29, 1.82) is 0 Å². The molecule has 2 aromatic rings. The summed E-state index contributed by atoms with van der Waals surface area (Å²) in [4.78, 5) is 1.25. The molecule has 0 fully saturated rings. The Kier molecular flexibility index (Phi) is 3.52. The summed E-state index contributed by atoms with van der Waals surface area (Å²) in [6.07, 6.45) is 0.879. The fourth-order valence-corrected chi connectivity index (χ4v) is 3.88. The molecule has 0 aromatic heterocycles. The van der Waals surface area contributed by atoms with Crippen LogP contribution in [0.5, 0.6) is 0 Å². The maximum atomic E-state index is 13.9. The van der Waals surface area contributed by atoms with Gasteiger partial charge in [-0.3, -0.25) is 0 Å². The highest BCUT2D eigenvalue weighted by Gasteiger charge is 2.29. The summed E-state index contributed by atoms with van der Waals surface area (Å²) in [5.41, 5.74) is 8.06. The molecule has 1 aliphatic heterocycles. The molecule has 2 aromatic carbocycles. The normalized spacial score (nSPS) is 19.2. The minimum Gasteiger partial charge on any atom is -0.323 e. The lowest BCUT2D eigenvalue weighted by molar-refractivity contribution is 0.572. The van der Waals surface area contributed by atoms with Crippen molar-refractivity contribution in [2.75, 3.05) is 0 Å². The summed E-state index contributed by atoms with van der Waals surface area (Å²) in [6.45, 7) is 0. The van der Waals surface area contributed by atoms with Gasteiger partial charge in [0, 0.05) is 26.8 Å². The maximum absolute atomic E-state index is 13.9. The molecule has 19 heavy (non-hydrogen) atoms. The highest BCUT2D eigenvalue weighted by molar-refractivity contribution is 8.00. The minimum atomic E-state index is -0.324. The Morgan fingerprint density at radius 2 is 2.05 bits per heavy atom. The molecule has 0 amide bonds. The van der Waals surface area contributed by atoms with E-state index in [1.807, 2.05) is 12.1 Å². The second-order valence-corrected chi connectivity index (χ2v) is 6.38. The largest absolute Gasteiger partial charge is 0.323 e. The van der Waals surface area contributed by atoms with Gasteiger partial charge in [-0.1, -0.05) is 35.9 Å². The van der Waals surface area contributed by atoms with E-state index >= 15 is 0 Å². The number of thioether (sulfide) groups is 1. The molecule has 98 valence electrons. The van der Waals surface area contributed by atoms with Crippen LogP contribution in [0.3, 0.4) is 0 Å². The average Bonchev–Trinajstić information content (AvgIpc) is 2.81. The molecule has 3 rings (SSSR count). The topological polar surface area (TPSA) is 26.0 Å². The number of fused-ring (bicyclic) bond motifs is 1. The van der Waals surface area contributed by atoms with Crippen LogP contribution < -0.4 is 5.73 Å². The first kappa shape index (κ1) is 13.0. The molecule has 1 nitrogen and oxygen atoms in total. The number of benzene rings is 2. The number of hydrogen-bond acceptors (Lipinski definition) is 2. The third-order valence-electron chi connectivity index (χ3n) is 3.39. The predicted molar refractivity (Wildman–Crippen MR) is 78.1 cm³/mol. The van der Waals surface area contributed by atoms with Crippen molar-refractivity contribution in [2.24, 2.45) is 5.73 Å². The van der Waals surface area contributed by atoms with Crippen LogP contribution in [-0.4, -0.2) is 5.25 Å². The van der Waals surface area contributed by atoms with Crippen LogP contribution in [0, 0.1) is 5.82 Å².